The van der Waals surface area contributed by atoms with Gasteiger partial charge in [-0.2, -0.15) is 10.3 Å². The molecule has 0 bridgehead atoms. The van der Waals surface area contributed by atoms with Gasteiger partial charge in [0.2, 0.25) is 0 Å². The Morgan fingerprint density at radius 3 is 2.56 bits per heavy atom. The van der Waals surface area contributed by atoms with Crippen LogP contribution in [0.4, 0.5) is 5.69 Å². The zero-order valence-corrected chi connectivity index (χ0v) is 16.3. The van der Waals surface area contributed by atoms with Gasteiger partial charge in [-0.25, -0.2) is 0 Å². The van der Waals surface area contributed by atoms with Crippen molar-refractivity contribution in [3.8, 4) is 6.07 Å². The minimum atomic E-state index is -0.166. The number of hydrogen-bond acceptors (Lipinski definition) is 7. The molecule has 0 spiro atoms. The van der Waals surface area contributed by atoms with Crippen LogP contribution in [0.15, 0.2) is 42.5 Å². The fourth-order valence-electron chi connectivity index (χ4n) is 2.84. The molecule has 7 nitrogen and oxygen atoms in total. The van der Waals surface area contributed by atoms with E-state index in [0.717, 1.165) is 11.3 Å². The Morgan fingerprint density at radius 1 is 1.22 bits per heavy atom. The summed E-state index contributed by atoms with van der Waals surface area (Å²) in [5.41, 5.74) is 5.20. The highest BCUT2D eigenvalue weighted by molar-refractivity contribution is 6.35. The monoisotopic (exact) mass is 406 g/mol. The molecule has 1 aliphatic rings. The van der Waals surface area contributed by atoms with Crippen molar-refractivity contribution in [1.82, 2.24) is 20.8 Å². The first kappa shape index (κ1) is 19.9. The quantitative estimate of drug-likeness (QED) is 0.636. The number of rotatable bonds is 6. The van der Waals surface area contributed by atoms with Crippen LogP contribution in [-0.4, -0.2) is 36.6 Å². The van der Waals surface area contributed by atoms with E-state index in [1.54, 1.807) is 19.2 Å². The number of nitriles is 1. The van der Waals surface area contributed by atoms with Crippen LogP contribution >= 0.6 is 23.2 Å². The number of hydrogen-bond donors (Lipinski definition) is 3. The summed E-state index contributed by atoms with van der Waals surface area (Å²) >= 11 is 12.7. The van der Waals surface area contributed by atoms with Crippen LogP contribution in [0.3, 0.4) is 0 Å². The van der Waals surface area contributed by atoms with Gasteiger partial charge in [0, 0.05) is 27.8 Å². The average Bonchev–Trinajstić information content (AvgIpc) is 2.67. The molecule has 9 heteroatoms. The van der Waals surface area contributed by atoms with E-state index in [1.165, 1.54) is 0 Å². The van der Waals surface area contributed by atoms with Crippen LogP contribution in [0.2, 0.25) is 10.0 Å². The van der Waals surface area contributed by atoms with Crippen LogP contribution in [0.5, 0.6) is 0 Å². The van der Waals surface area contributed by atoms with E-state index in [9.17, 15) is 0 Å². The number of halogens is 2. The van der Waals surface area contributed by atoms with Crippen molar-refractivity contribution >= 4 is 28.9 Å². The van der Waals surface area contributed by atoms with Crippen LogP contribution in [0.25, 0.3) is 0 Å². The fourth-order valence-corrected chi connectivity index (χ4v) is 3.35. The summed E-state index contributed by atoms with van der Waals surface area (Å²) in [6.45, 7) is 1.66. The summed E-state index contributed by atoms with van der Waals surface area (Å²) < 4.78 is 0. The van der Waals surface area contributed by atoms with Gasteiger partial charge in [-0.15, -0.1) is 5.59 Å². The normalized spacial score (nSPS) is 18.2. The molecule has 1 unspecified atom stereocenters. The molecule has 0 aromatic heterocycles. The molecule has 0 amide bonds. The molecule has 0 aliphatic carbocycles. The maximum Gasteiger partial charge on any atom is 0.137 e. The smallest absolute Gasteiger partial charge is 0.137 e. The van der Waals surface area contributed by atoms with Crippen molar-refractivity contribution in [3.05, 3.63) is 63.6 Å². The van der Waals surface area contributed by atoms with Gasteiger partial charge in [0.15, 0.2) is 0 Å². The van der Waals surface area contributed by atoms with E-state index in [2.05, 4.69) is 27.2 Å². The van der Waals surface area contributed by atoms with E-state index >= 15 is 0 Å². The largest absolute Gasteiger partial charge is 0.357 e. The maximum absolute atomic E-state index is 8.95. The van der Waals surface area contributed by atoms with Crippen molar-refractivity contribution < 1.29 is 4.84 Å². The third-order valence-electron chi connectivity index (χ3n) is 4.15. The molecule has 2 aromatic rings. The molecule has 1 saturated heterocycles. The standard InChI is InChI=1S/C18H20Cl2N6O/c1-27-24-26-11-22-18(23-14-7-5-13(9-21)6-8-14)25(12-26)10-15-16(19)3-2-4-17(15)20/h2-8,18,22-24H,10-12H2,1H3. The van der Waals surface area contributed by atoms with Gasteiger partial charge < -0.3 is 5.32 Å². The van der Waals surface area contributed by atoms with Crippen molar-refractivity contribution in [2.75, 3.05) is 25.8 Å². The first-order valence-corrected chi connectivity index (χ1v) is 9.07. The highest BCUT2D eigenvalue weighted by Gasteiger charge is 2.27. The Morgan fingerprint density at radius 2 is 1.93 bits per heavy atom. The predicted octanol–water partition coefficient (Wildman–Crippen LogP) is 2.95. The van der Waals surface area contributed by atoms with E-state index in [4.69, 9.17) is 33.3 Å². The van der Waals surface area contributed by atoms with Crippen molar-refractivity contribution in [2.24, 2.45) is 0 Å². The van der Waals surface area contributed by atoms with Crippen LogP contribution in [-0.2, 0) is 11.4 Å². The zero-order valence-electron chi connectivity index (χ0n) is 14.7. The fraction of sp³-hybridized carbons (Fsp3) is 0.278. The number of hydrazine groups is 1. The van der Waals surface area contributed by atoms with E-state index in [1.807, 2.05) is 35.3 Å². The molecule has 3 rings (SSSR count). The Labute approximate surface area is 168 Å². The molecule has 1 atom stereocenters. The molecule has 27 heavy (non-hydrogen) atoms. The second-order valence-corrected chi connectivity index (χ2v) is 6.84. The average molecular weight is 407 g/mol. The van der Waals surface area contributed by atoms with Crippen LogP contribution < -0.4 is 16.2 Å². The summed E-state index contributed by atoms with van der Waals surface area (Å²) in [5.74, 6) is 0. The summed E-state index contributed by atoms with van der Waals surface area (Å²) in [7, 11) is 1.57. The first-order chi connectivity index (χ1) is 13.1. The highest BCUT2D eigenvalue weighted by atomic mass is 35.5. The molecular formula is C18H20Cl2N6O. The topological polar surface area (TPSA) is 75.6 Å². The Bertz CT molecular complexity index is 790. The Kier molecular flexibility index (Phi) is 6.88. The maximum atomic E-state index is 8.95. The second-order valence-electron chi connectivity index (χ2n) is 6.02. The van der Waals surface area contributed by atoms with Gasteiger partial charge >= 0.3 is 0 Å². The van der Waals surface area contributed by atoms with Crippen molar-refractivity contribution in [3.63, 3.8) is 0 Å². The van der Waals surface area contributed by atoms with E-state index in [0.29, 0.717) is 35.5 Å². The minimum Gasteiger partial charge on any atom is -0.357 e. The Balaban J connectivity index is 1.78. The number of nitrogens with one attached hydrogen (secondary N) is 3. The summed E-state index contributed by atoms with van der Waals surface area (Å²) in [4.78, 5) is 7.14. The molecular weight excluding hydrogens is 387 g/mol. The molecule has 1 aliphatic heterocycles. The van der Waals surface area contributed by atoms with E-state index < -0.39 is 0 Å². The van der Waals surface area contributed by atoms with Crippen molar-refractivity contribution in [1.29, 1.82) is 5.26 Å². The summed E-state index contributed by atoms with van der Waals surface area (Å²) in [5, 5.41) is 18.9. The van der Waals surface area contributed by atoms with Gasteiger partial charge in [-0.05, 0) is 36.4 Å². The van der Waals surface area contributed by atoms with Gasteiger partial charge in [0.05, 0.1) is 32.1 Å². The highest BCUT2D eigenvalue weighted by Crippen LogP contribution is 2.27. The van der Waals surface area contributed by atoms with Crippen molar-refractivity contribution in [2.45, 2.75) is 12.8 Å². The molecule has 142 valence electrons. The summed E-state index contributed by atoms with van der Waals surface area (Å²) in [6, 6.07) is 14.9. The van der Waals surface area contributed by atoms with Gasteiger partial charge in [0.1, 0.15) is 6.29 Å². The molecule has 2 aromatic carbocycles. The number of benzene rings is 2. The summed E-state index contributed by atoms with van der Waals surface area (Å²) in [6.07, 6.45) is -0.166. The van der Waals surface area contributed by atoms with Gasteiger partial charge in [-0.3, -0.25) is 15.1 Å². The number of nitrogens with zero attached hydrogens (tertiary/aromatic N) is 3. The van der Waals surface area contributed by atoms with Gasteiger partial charge in [-0.1, -0.05) is 29.3 Å². The van der Waals surface area contributed by atoms with Gasteiger partial charge in [0.25, 0.3) is 0 Å². The molecule has 0 saturated carbocycles. The predicted molar refractivity (Wildman–Crippen MR) is 105 cm³/mol. The lowest BCUT2D eigenvalue weighted by atomic mass is 10.2. The first-order valence-electron chi connectivity index (χ1n) is 8.31. The Hall–Kier alpha value is -1.89. The number of anilines is 1. The second kappa shape index (κ2) is 9.35. The zero-order chi connectivity index (χ0) is 19.2. The third kappa shape index (κ3) is 5.09. The lowest BCUT2D eigenvalue weighted by Crippen LogP contribution is -2.64. The van der Waals surface area contributed by atoms with Crippen LogP contribution in [0.1, 0.15) is 11.1 Å². The molecule has 1 fully saturated rings. The minimum absolute atomic E-state index is 0.166. The lowest BCUT2D eigenvalue weighted by molar-refractivity contribution is -0.116. The molecule has 0 radical (unpaired) electrons. The lowest BCUT2D eigenvalue weighted by Gasteiger charge is -2.42. The van der Waals surface area contributed by atoms with Crippen LogP contribution in [0, 0.1) is 11.3 Å². The molecule has 1 heterocycles. The third-order valence-corrected chi connectivity index (χ3v) is 4.86. The molecule has 3 N–H and O–H groups in total. The van der Waals surface area contributed by atoms with E-state index in [-0.39, 0.29) is 6.29 Å². The SMILES string of the molecule is CONN1CNC(Nc2ccc(C#N)cc2)N(Cc2c(Cl)cccc2Cl)C1.